The van der Waals surface area contributed by atoms with E-state index in [0.717, 1.165) is 5.69 Å². The summed E-state index contributed by atoms with van der Waals surface area (Å²) in [6.07, 6.45) is 0. The van der Waals surface area contributed by atoms with Crippen LogP contribution in [0, 0.1) is 0 Å². The van der Waals surface area contributed by atoms with Gasteiger partial charge in [0, 0.05) is 18.3 Å². The number of hydrogen-bond acceptors (Lipinski definition) is 4. The molecule has 0 aliphatic carbocycles. The van der Waals surface area contributed by atoms with Crippen molar-refractivity contribution >= 4 is 11.6 Å². The molecule has 0 saturated heterocycles. The third kappa shape index (κ3) is 3.58. The van der Waals surface area contributed by atoms with Gasteiger partial charge in [-0.2, -0.15) is 4.98 Å². The molecule has 1 aromatic heterocycles. The topological polar surface area (TPSA) is 75.3 Å². The number of rotatable bonds is 4. The first-order chi connectivity index (χ1) is 12.1. The minimum atomic E-state index is -0.579. The van der Waals surface area contributed by atoms with Crippen LogP contribution in [0.25, 0.3) is 11.3 Å². The quantitative estimate of drug-likeness (QED) is 0.795. The summed E-state index contributed by atoms with van der Waals surface area (Å²) in [5, 5.41) is 0. The Balaban J connectivity index is 1.99. The van der Waals surface area contributed by atoms with Gasteiger partial charge in [0.25, 0.3) is 5.91 Å². The molecule has 3 aromatic rings. The minimum Gasteiger partial charge on any atom is -0.497 e. The number of H-pyrrole nitrogens is 1. The van der Waals surface area contributed by atoms with Gasteiger partial charge in [-0.3, -0.25) is 4.79 Å². The monoisotopic (exact) mass is 335 g/mol. The van der Waals surface area contributed by atoms with Crippen molar-refractivity contribution in [2.24, 2.45) is 0 Å². The number of para-hydroxylation sites is 1. The van der Waals surface area contributed by atoms with Crippen molar-refractivity contribution in [3.05, 3.63) is 76.8 Å². The fourth-order valence-electron chi connectivity index (χ4n) is 2.45. The van der Waals surface area contributed by atoms with Crippen molar-refractivity contribution in [3.63, 3.8) is 0 Å². The number of methoxy groups -OCH3 is 1. The summed E-state index contributed by atoms with van der Waals surface area (Å²) in [7, 11) is 3.22. The van der Waals surface area contributed by atoms with Crippen molar-refractivity contribution in [1.29, 1.82) is 0 Å². The van der Waals surface area contributed by atoms with Crippen LogP contribution in [0.15, 0.2) is 65.5 Å². The van der Waals surface area contributed by atoms with Gasteiger partial charge in [-0.1, -0.05) is 30.3 Å². The van der Waals surface area contributed by atoms with E-state index in [-0.39, 0.29) is 11.6 Å². The zero-order chi connectivity index (χ0) is 17.8. The van der Waals surface area contributed by atoms with Crippen molar-refractivity contribution in [2.75, 3.05) is 19.1 Å². The van der Waals surface area contributed by atoms with Crippen molar-refractivity contribution in [1.82, 2.24) is 9.97 Å². The molecule has 0 aliphatic rings. The lowest BCUT2D eigenvalue weighted by atomic mass is 10.1. The molecule has 0 unspecified atom stereocenters. The first-order valence-electron chi connectivity index (χ1n) is 7.67. The number of amides is 1. The van der Waals surface area contributed by atoms with E-state index in [1.807, 2.05) is 30.3 Å². The second-order valence-corrected chi connectivity index (χ2v) is 5.42. The molecule has 6 nitrogen and oxygen atoms in total. The third-order valence-electron chi connectivity index (χ3n) is 3.79. The van der Waals surface area contributed by atoms with E-state index in [1.165, 1.54) is 4.90 Å². The van der Waals surface area contributed by atoms with E-state index < -0.39 is 5.69 Å². The van der Waals surface area contributed by atoms with Crippen LogP contribution in [-0.2, 0) is 0 Å². The largest absolute Gasteiger partial charge is 0.497 e. The zero-order valence-corrected chi connectivity index (χ0v) is 13.9. The number of carbonyl (C=O) groups is 1. The summed E-state index contributed by atoms with van der Waals surface area (Å²) in [6, 6.07) is 17.9. The lowest BCUT2D eigenvalue weighted by Gasteiger charge is -2.17. The van der Waals surface area contributed by atoms with E-state index in [0.29, 0.717) is 17.0 Å². The summed E-state index contributed by atoms with van der Waals surface area (Å²) in [5.74, 6) is 0.323. The first kappa shape index (κ1) is 16.4. The molecule has 0 atom stereocenters. The number of aromatic nitrogens is 2. The van der Waals surface area contributed by atoms with Gasteiger partial charge in [0.15, 0.2) is 0 Å². The second-order valence-electron chi connectivity index (χ2n) is 5.42. The van der Waals surface area contributed by atoms with E-state index in [1.54, 1.807) is 44.5 Å². The number of hydrogen-bond donors (Lipinski definition) is 1. The van der Waals surface area contributed by atoms with Crippen LogP contribution >= 0.6 is 0 Å². The smallest absolute Gasteiger partial charge is 0.346 e. The summed E-state index contributed by atoms with van der Waals surface area (Å²) in [6.45, 7) is 0. The van der Waals surface area contributed by atoms with Crippen LogP contribution < -0.4 is 15.3 Å². The minimum absolute atomic E-state index is 0.171. The lowest BCUT2D eigenvalue weighted by molar-refractivity contribution is 0.0988. The fraction of sp³-hybridized carbons (Fsp3) is 0.105. The van der Waals surface area contributed by atoms with E-state index >= 15 is 0 Å². The van der Waals surface area contributed by atoms with Gasteiger partial charge in [0.05, 0.1) is 12.8 Å². The lowest BCUT2D eigenvalue weighted by Crippen LogP contribution is -2.29. The molecule has 1 amide bonds. The van der Waals surface area contributed by atoms with Crippen LogP contribution in [0.4, 0.5) is 5.69 Å². The highest BCUT2D eigenvalue weighted by Crippen LogP contribution is 2.22. The molecule has 1 heterocycles. The maximum absolute atomic E-state index is 12.7. The average molecular weight is 335 g/mol. The highest BCUT2D eigenvalue weighted by atomic mass is 16.5. The third-order valence-corrected chi connectivity index (χ3v) is 3.79. The Kier molecular flexibility index (Phi) is 4.61. The number of carbonyl (C=O) groups excluding carboxylic acids is 1. The van der Waals surface area contributed by atoms with Crippen molar-refractivity contribution < 1.29 is 9.53 Å². The van der Waals surface area contributed by atoms with E-state index in [9.17, 15) is 9.59 Å². The van der Waals surface area contributed by atoms with Gasteiger partial charge < -0.3 is 14.6 Å². The number of benzene rings is 2. The molecular weight excluding hydrogens is 318 g/mol. The highest BCUT2D eigenvalue weighted by Gasteiger charge is 2.16. The van der Waals surface area contributed by atoms with Crippen LogP contribution in [-0.4, -0.2) is 30.0 Å². The van der Waals surface area contributed by atoms with E-state index in [2.05, 4.69) is 9.97 Å². The van der Waals surface area contributed by atoms with Crippen molar-refractivity contribution in [2.45, 2.75) is 0 Å². The molecule has 126 valence electrons. The predicted molar refractivity (Wildman–Crippen MR) is 96.0 cm³/mol. The molecule has 1 N–H and O–H groups in total. The molecule has 6 heteroatoms. The van der Waals surface area contributed by atoms with Crippen LogP contribution in [0.2, 0.25) is 0 Å². The Morgan fingerprint density at radius 2 is 1.84 bits per heavy atom. The van der Waals surface area contributed by atoms with Gasteiger partial charge in [0.2, 0.25) is 0 Å². The Morgan fingerprint density at radius 1 is 1.08 bits per heavy atom. The van der Waals surface area contributed by atoms with Gasteiger partial charge in [-0.05, 0) is 30.3 Å². The molecular formula is C19H17N3O3. The van der Waals surface area contributed by atoms with Crippen LogP contribution in [0.1, 0.15) is 10.5 Å². The Hall–Kier alpha value is -3.41. The SMILES string of the molecule is COc1cccc(-c2cc(C(=O)N(C)c3ccccc3)[nH]c(=O)n2)c1. The molecule has 0 aliphatic heterocycles. The summed E-state index contributed by atoms with van der Waals surface area (Å²) in [4.78, 5) is 32.6. The van der Waals surface area contributed by atoms with Gasteiger partial charge in [-0.15, -0.1) is 0 Å². The number of aromatic amines is 1. The van der Waals surface area contributed by atoms with Crippen molar-refractivity contribution in [3.8, 4) is 17.0 Å². The maximum atomic E-state index is 12.7. The molecule has 2 aromatic carbocycles. The van der Waals surface area contributed by atoms with Crippen LogP contribution in [0.5, 0.6) is 5.75 Å². The Bertz CT molecular complexity index is 951. The average Bonchev–Trinajstić information content (AvgIpc) is 2.67. The van der Waals surface area contributed by atoms with Gasteiger partial charge in [0.1, 0.15) is 11.4 Å². The van der Waals surface area contributed by atoms with E-state index in [4.69, 9.17) is 4.74 Å². The number of nitrogens with zero attached hydrogens (tertiary/aromatic N) is 2. The molecule has 0 radical (unpaired) electrons. The number of ether oxygens (including phenoxy) is 1. The number of anilines is 1. The standard InChI is InChI=1S/C19H17N3O3/c1-22(14-8-4-3-5-9-14)18(23)17-12-16(20-19(24)21-17)13-7-6-10-15(11-13)25-2/h3-12H,1-2H3,(H,20,21,24). The molecule has 25 heavy (non-hydrogen) atoms. The normalized spacial score (nSPS) is 10.3. The van der Waals surface area contributed by atoms with Crippen LogP contribution in [0.3, 0.4) is 0 Å². The Labute approximate surface area is 144 Å². The molecule has 3 rings (SSSR count). The second kappa shape index (κ2) is 7.00. The maximum Gasteiger partial charge on any atom is 0.346 e. The zero-order valence-electron chi connectivity index (χ0n) is 13.9. The summed E-state index contributed by atoms with van der Waals surface area (Å²) < 4.78 is 5.19. The first-order valence-corrected chi connectivity index (χ1v) is 7.67. The fourth-order valence-corrected chi connectivity index (χ4v) is 2.45. The summed E-state index contributed by atoms with van der Waals surface area (Å²) >= 11 is 0. The Morgan fingerprint density at radius 3 is 2.56 bits per heavy atom. The van der Waals surface area contributed by atoms with Gasteiger partial charge in [-0.25, -0.2) is 4.79 Å². The summed E-state index contributed by atoms with van der Waals surface area (Å²) in [5.41, 5.74) is 1.43. The molecule has 0 saturated carbocycles. The number of nitrogens with one attached hydrogen (secondary N) is 1. The molecule has 0 bridgehead atoms. The predicted octanol–water partition coefficient (Wildman–Crippen LogP) is 2.72. The van der Waals surface area contributed by atoms with Gasteiger partial charge >= 0.3 is 5.69 Å². The molecule has 0 fully saturated rings. The molecule has 0 spiro atoms. The highest BCUT2D eigenvalue weighted by molar-refractivity contribution is 6.04.